The molecule has 222 valence electrons. The Labute approximate surface area is 290 Å². The molecule has 0 aliphatic heterocycles. The molecule has 0 N–H and O–H groups in total. The van der Waals surface area contributed by atoms with Crippen molar-refractivity contribution in [1.29, 1.82) is 0 Å². The molecule has 4 nitrogen and oxygen atoms in total. The van der Waals surface area contributed by atoms with Crippen LogP contribution in [-0.2, 0) is 5.41 Å². The van der Waals surface area contributed by atoms with Gasteiger partial charge in [-0.1, -0.05) is 145 Å². The molecule has 2 heterocycles. The van der Waals surface area contributed by atoms with Gasteiger partial charge in [-0.25, -0.2) is 4.98 Å². The molecule has 2 aliphatic rings. The highest BCUT2D eigenvalue weighted by Crippen LogP contribution is 2.61. The zero-order chi connectivity index (χ0) is 40.1. The average molecular weight is 621 g/mol. The van der Waals surface area contributed by atoms with Gasteiger partial charge >= 0.3 is 0 Å². The summed E-state index contributed by atoms with van der Waals surface area (Å²) in [6.07, 6.45) is 0. The minimum atomic E-state index is -0.699. The van der Waals surface area contributed by atoms with Crippen LogP contribution in [0, 0.1) is 0 Å². The average Bonchev–Trinajstić information content (AvgIpc) is 3.74. The molecule has 48 heavy (non-hydrogen) atoms. The SMILES string of the molecule is [2H]c1c([2H])c([2H])c(-c2nc(-c3c([2H])c([2H])c([2H])c([2H])c3[2H])nc(-n3c4cccc5c4c4c6c(cccc6ccc43)C53c4ccccc4-c4ccccc43)n2)c([2H])c1[2H]. The van der Waals surface area contributed by atoms with E-state index in [4.69, 9.17) is 23.7 Å². The van der Waals surface area contributed by atoms with Crippen molar-refractivity contribution in [3.8, 4) is 39.9 Å². The van der Waals surface area contributed by atoms with Crippen LogP contribution in [0.1, 0.15) is 36.0 Å². The summed E-state index contributed by atoms with van der Waals surface area (Å²) in [7, 11) is 0. The van der Waals surface area contributed by atoms with E-state index in [2.05, 4.69) is 77.8 Å². The lowest BCUT2D eigenvalue weighted by Crippen LogP contribution is -2.30. The summed E-state index contributed by atoms with van der Waals surface area (Å²) in [5.74, 6) is -0.668. The van der Waals surface area contributed by atoms with Crippen molar-refractivity contribution in [2.75, 3.05) is 0 Å². The molecule has 0 saturated heterocycles. The van der Waals surface area contributed by atoms with Gasteiger partial charge in [0.15, 0.2) is 11.6 Å². The van der Waals surface area contributed by atoms with E-state index in [1.165, 1.54) is 0 Å². The summed E-state index contributed by atoms with van der Waals surface area (Å²) in [5, 5.41) is 3.96. The molecule has 0 bridgehead atoms. The molecule has 2 aromatic heterocycles. The van der Waals surface area contributed by atoms with Gasteiger partial charge in [0, 0.05) is 21.9 Å². The predicted molar refractivity (Wildman–Crippen MR) is 193 cm³/mol. The van der Waals surface area contributed by atoms with Gasteiger partial charge in [0.1, 0.15) is 0 Å². The van der Waals surface area contributed by atoms with Crippen LogP contribution in [0.3, 0.4) is 0 Å². The topological polar surface area (TPSA) is 43.6 Å². The molecule has 0 fully saturated rings. The monoisotopic (exact) mass is 620 g/mol. The van der Waals surface area contributed by atoms with Gasteiger partial charge in [0.05, 0.1) is 30.2 Å². The maximum Gasteiger partial charge on any atom is 0.238 e. The molecule has 0 atom stereocenters. The van der Waals surface area contributed by atoms with Crippen LogP contribution < -0.4 is 0 Å². The first-order valence-corrected chi connectivity index (χ1v) is 15.6. The number of hydrogen-bond donors (Lipinski definition) is 0. The third-order valence-electron chi connectivity index (χ3n) is 9.83. The van der Waals surface area contributed by atoms with E-state index in [1.54, 1.807) is 0 Å². The summed E-state index contributed by atoms with van der Waals surface area (Å²) in [6.45, 7) is 0. The van der Waals surface area contributed by atoms with Gasteiger partial charge < -0.3 is 0 Å². The van der Waals surface area contributed by atoms with E-state index >= 15 is 0 Å². The maximum atomic E-state index is 8.83. The lowest BCUT2D eigenvalue weighted by atomic mass is 9.63. The van der Waals surface area contributed by atoms with E-state index in [-0.39, 0.29) is 28.7 Å². The number of fused-ring (bicyclic) bond motifs is 7. The first kappa shape index (κ1) is 18.1. The number of rotatable bonds is 3. The van der Waals surface area contributed by atoms with Gasteiger partial charge in [0.25, 0.3) is 0 Å². The standard InChI is InChI=1S/C44H26N4/c1-3-13-28(14-4-1)41-45-42(29-15-5-2-6-16-29)47-43(46-41)48-36-24-12-23-35-39(36)40-37(48)26-25-27-17-11-22-34(38(27)40)44(35)32-20-9-7-18-30(32)31-19-8-10-21-33(31)44/h1-26H/i1D,2D,3D,4D,5D,6D,13D,14D,15D,16D. The van der Waals surface area contributed by atoms with Crippen molar-refractivity contribution in [2.24, 2.45) is 0 Å². The Bertz CT molecular complexity index is 3190. The Morgan fingerprint density at radius 2 is 1.00 bits per heavy atom. The molecule has 2 aliphatic carbocycles. The first-order valence-electron chi connectivity index (χ1n) is 20.6. The van der Waals surface area contributed by atoms with E-state index in [9.17, 15) is 0 Å². The second kappa shape index (κ2) is 9.34. The van der Waals surface area contributed by atoms with Crippen LogP contribution in [0.2, 0.25) is 0 Å². The summed E-state index contributed by atoms with van der Waals surface area (Å²) < 4.78 is 87.3. The third kappa shape index (κ3) is 3.16. The van der Waals surface area contributed by atoms with Crippen LogP contribution in [0.15, 0.2) is 157 Å². The van der Waals surface area contributed by atoms with Crippen LogP contribution in [0.5, 0.6) is 0 Å². The molecule has 0 unspecified atom stereocenters. The first-order chi connectivity index (χ1) is 28.0. The fraction of sp³-hybridized carbons (Fsp3) is 0.0227. The Balaban J connectivity index is 1.31. The largest absolute Gasteiger partial charge is 0.278 e. The highest BCUT2D eigenvalue weighted by molar-refractivity contribution is 6.26. The number of aromatic nitrogens is 4. The maximum absolute atomic E-state index is 8.83. The number of benzene rings is 7. The van der Waals surface area contributed by atoms with Crippen LogP contribution in [-0.4, -0.2) is 19.5 Å². The van der Waals surface area contributed by atoms with Crippen LogP contribution >= 0.6 is 0 Å². The van der Waals surface area contributed by atoms with E-state index < -0.39 is 65.8 Å². The van der Waals surface area contributed by atoms with Crippen molar-refractivity contribution in [1.82, 2.24) is 19.5 Å². The Morgan fingerprint density at radius 1 is 0.458 bits per heavy atom. The summed E-state index contributed by atoms with van der Waals surface area (Å²) in [6, 6.07) is 27.6. The second-order valence-electron chi connectivity index (χ2n) is 12.0. The van der Waals surface area contributed by atoms with Crippen molar-refractivity contribution in [3.63, 3.8) is 0 Å². The predicted octanol–water partition coefficient (Wildman–Crippen LogP) is 10.1. The third-order valence-corrected chi connectivity index (χ3v) is 9.83. The van der Waals surface area contributed by atoms with Crippen molar-refractivity contribution < 1.29 is 13.7 Å². The quantitative estimate of drug-likeness (QED) is 0.197. The Kier molecular flexibility index (Phi) is 3.52. The molecular formula is C44H26N4. The number of nitrogens with zero attached hydrogens (tertiary/aromatic N) is 4. The lowest BCUT2D eigenvalue weighted by Gasteiger charge is -2.37. The molecule has 9 aromatic rings. The summed E-state index contributed by atoms with van der Waals surface area (Å²) >= 11 is 0. The summed E-state index contributed by atoms with van der Waals surface area (Å²) in [5.41, 5.74) is 6.83. The molecule has 0 saturated carbocycles. The van der Waals surface area contributed by atoms with Crippen molar-refractivity contribution >= 4 is 32.6 Å². The highest BCUT2D eigenvalue weighted by Gasteiger charge is 2.50. The minimum absolute atomic E-state index is 0.0317. The van der Waals surface area contributed by atoms with Crippen LogP contribution in [0.4, 0.5) is 0 Å². The smallest absolute Gasteiger partial charge is 0.238 e. The molecule has 11 rings (SSSR count). The van der Waals surface area contributed by atoms with Gasteiger partial charge in [-0.05, 0) is 56.3 Å². The van der Waals surface area contributed by atoms with Gasteiger partial charge in [-0.15, -0.1) is 0 Å². The zero-order valence-corrected chi connectivity index (χ0v) is 25.0. The molecule has 0 radical (unpaired) electrons. The Hall–Kier alpha value is -6.39. The van der Waals surface area contributed by atoms with E-state index in [0.717, 1.165) is 54.9 Å². The molecule has 0 amide bonds. The fourth-order valence-electron chi connectivity index (χ4n) is 8.14. The minimum Gasteiger partial charge on any atom is -0.278 e. The van der Waals surface area contributed by atoms with Crippen molar-refractivity contribution in [3.05, 3.63) is 180 Å². The van der Waals surface area contributed by atoms with E-state index in [1.807, 2.05) is 28.8 Å². The normalized spacial score (nSPS) is 16.5. The lowest BCUT2D eigenvalue weighted by molar-refractivity contribution is 0.783. The van der Waals surface area contributed by atoms with E-state index in [0.29, 0.717) is 11.0 Å². The molecule has 1 spiro atoms. The molecule has 7 aromatic carbocycles. The number of hydrogen-bond acceptors (Lipinski definition) is 3. The van der Waals surface area contributed by atoms with Gasteiger partial charge in [-0.2, -0.15) is 9.97 Å². The molecular weight excluding hydrogens is 585 g/mol. The van der Waals surface area contributed by atoms with Crippen LogP contribution in [0.25, 0.3) is 72.4 Å². The molecule has 4 heteroatoms. The zero-order valence-electron chi connectivity index (χ0n) is 35.0. The fourth-order valence-corrected chi connectivity index (χ4v) is 8.14. The Morgan fingerprint density at radius 3 is 1.65 bits per heavy atom. The van der Waals surface area contributed by atoms with Gasteiger partial charge in [0.2, 0.25) is 5.95 Å². The summed E-state index contributed by atoms with van der Waals surface area (Å²) in [4.78, 5) is 14.2. The van der Waals surface area contributed by atoms with Gasteiger partial charge in [-0.3, -0.25) is 4.57 Å². The highest BCUT2D eigenvalue weighted by atomic mass is 15.2. The van der Waals surface area contributed by atoms with Crippen molar-refractivity contribution in [2.45, 2.75) is 5.41 Å². The second-order valence-corrected chi connectivity index (χ2v) is 12.0.